The number of thiophene rings is 1. The third kappa shape index (κ3) is 3.02. The monoisotopic (exact) mass is 326 g/mol. The molecule has 4 N–H and O–H groups in total. The molecule has 1 heterocycles. The van der Waals surface area contributed by atoms with Gasteiger partial charge in [-0.1, -0.05) is 0 Å². The van der Waals surface area contributed by atoms with Gasteiger partial charge in [0, 0.05) is 20.4 Å². The van der Waals surface area contributed by atoms with Gasteiger partial charge in [-0.05, 0) is 40.2 Å². The number of carbonyl (C=O) groups is 1. The molecule has 1 aromatic carbocycles. The number of amides is 1. The number of anilines is 1. The topological polar surface area (TPSA) is 75.3 Å². The van der Waals surface area contributed by atoms with E-state index in [1.807, 2.05) is 11.4 Å². The molecule has 2 rings (SSSR count). The summed E-state index contributed by atoms with van der Waals surface area (Å²) >= 11 is 4.90. The molecule has 1 amide bonds. The maximum Gasteiger partial charge on any atom is 0.253 e. The average Bonchev–Trinajstić information content (AvgIpc) is 2.75. The highest BCUT2D eigenvalue weighted by molar-refractivity contribution is 9.10. The summed E-state index contributed by atoms with van der Waals surface area (Å²) in [4.78, 5) is 12.9. The molecule has 0 radical (unpaired) electrons. The highest BCUT2D eigenvalue weighted by Gasteiger charge is 2.10. The highest BCUT2D eigenvalue weighted by atomic mass is 79.9. The zero-order valence-corrected chi connectivity index (χ0v) is 11.7. The van der Waals surface area contributed by atoms with E-state index in [0.717, 1.165) is 9.35 Å². The van der Waals surface area contributed by atoms with Gasteiger partial charge in [-0.25, -0.2) is 0 Å². The van der Waals surface area contributed by atoms with Crippen molar-refractivity contribution in [3.05, 3.63) is 44.6 Å². The van der Waals surface area contributed by atoms with Crippen LogP contribution in [-0.2, 0) is 6.54 Å². The third-order valence-corrected chi connectivity index (χ3v) is 4.02. The quantitative estimate of drug-likeness (QED) is 0.599. The molecule has 0 bridgehead atoms. The number of halogens is 1. The number of aromatic hydroxyl groups is 1. The van der Waals surface area contributed by atoms with Crippen molar-refractivity contribution in [1.29, 1.82) is 0 Å². The molecular weight excluding hydrogens is 316 g/mol. The molecule has 1 aromatic heterocycles. The summed E-state index contributed by atoms with van der Waals surface area (Å²) in [7, 11) is 0. The van der Waals surface area contributed by atoms with Crippen molar-refractivity contribution in [1.82, 2.24) is 5.32 Å². The second-order valence-corrected chi connectivity index (χ2v) is 5.60. The molecular formula is C12H11BrN2O2S. The second kappa shape index (κ2) is 5.41. The van der Waals surface area contributed by atoms with Crippen LogP contribution in [0.2, 0.25) is 0 Å². The van der Waals surface area contributed by atoms with Gasteiger partial charge < -0.3 is 16.2 Å². The number of benzene rings is 1. The summed E-state index contributed by atoms with van der Waals surface area (Å²) in [6, 6.07) is 6.25. The zero-order chi connectivity index (χ0) is 13.1. The lowest BCUT2D eigenvalue weighted by Gasteiger charge is -2.06. The first kappa shape index (κ1) is 12.9. The SMILES string of the molecule is Nc1ccc(O)cc1C(=O)NCc1cc(Br)cs1. The standard InChI is InChI=1S/C12H11BrN2O2S/c13-7-3-9(18-6-7)5-15-12(17)10-4-8(16)1-2-11(10)14/h1-4,6,16H,5,14H2,(H,15,17). The average molecular weight is 327 g/mol. The van der Waals surface area contributed by atoms with Gasteiger partial charge in [-0.2, -0.15) is 0 Å². The number of nitrogen functional groups attached to an aromatic ring is 1. The molecule has 0 fully saturated rings. The number of phenolic OH excluding ortho intramolecular Hbond substituents is 1. The first-order chi connectivity index (χ1) is 8.56. The first-order valence-electron chi connectivity index (χ1n) is 5.16. The van der Waals surface area contributed by atoms with E-state index in [1.54, 1.807) is 11.3 Å². The van der Waals surface area contributed by atoms with Crippen LogP contribution in [0.15, 0.2) is 34.1 Å². The van der Waals surface area contributed by atoms with Crippen molar-refractivity contribution in [3.8, 4) is 5.75 Å². The number of phenols is 1. The molecule has 2 aromatic rings. The van der Waals surface area contributed by atoms with Crippen LogP contribution in [0.3, 0.4) is 0 Å². The lowest BCUT2D eigenvalue weighted by Crippen LogP contribution is -2.23. The van der Waals surface area contributed by atoms with Crippen LogP contribution < -0.4 is 11.1 Å². The number of carbonyl (C=O) groups excluding carboxylic acids is 1. The van der Waals surface area contributed by atoms with Gasteiger partial charge in [0.05, 0.1) is 12.1 Å². The van der Waals surface area contributed by atoms with E-state index < -0.39 is 0 Å². The van der Waals surface area contributed by atoms with Gasteiger partial charge in [0.15, 0.2) is 0 Å². The van der Waals surface area contributed by atoms with E-state index in [1.165, 1.54) is 18.2 Å². The molecule has 18 heavy (non-hydrogen) atoms. The number of hydrogen-bond acceptors (Lipinski definition) is 4. The Morgan fingerprint density at radius 2 is 2.22 bits per heavy atom. The summed E-state index contributed by atoms with van der Waals surface area (Å²) in [6.07, 6.45) is 0. The van der Waals surface area contributed by atoms with Crippen LogP contribution in [-0.4, -0.2) is 11.0 Å². The lowest BCUT2D eigenvalue weighted by atomic mass is 10.1. The third-order valence-electron chi connectivity index (χ3n) is 2.33. The Morgan fingerprint density at radius 3 is 2.89 bits per heavy atom. The maximum absolute atomic E-state index is 11.9. The van der Waals surface area contributed by atoms with E-state index in [4.69, 9.17) is 5.73 Å². The fourth-order valence-electron chi connectivity index (χ4n) is 1.45. The normalized spacial score (nSPS) is 10.3. The molecule has 0 spiro atoms. The first-order valence-corrected chi connectivity index (χ1v) is 6.83. The molecule has 0 atom stereocenters. The van der Waals surface area contributed by atoms with Crippen molar-refractivity contribution in [2.45, 2.75) is 6.54 Å². The van der Waals surface area contributed by atoms with E-state index in [2.05, 4.69) is 21.2 Å². The molecule has 4 nitrogen and oxygen atoms in total. The molecule has 0 aliphatic rings. The number of hydrogen-bond donors (Lipinski definition) is 3. The minimum absolute atomic E-state index is 0.0215. The fourth-order valence-corrected chi connectivity index (χ4v) is 2.84. The van der Waals surface area contributed by atoms with Gasteiger partial charge in [-0.3, -0.25) is 4.79 Å². The summed E-state index contributed by atoms with van der Waals surface area (Å²) in [5.41, 5.74) is 6.31. The van der Waals surface area contributed by atoms with Crippen LogP contribution in [0.1, 0.15) is 15.2 Å². The van der Waals surface area contributed by atoms with E-state index in [9.17, 15) is 9.90 Å². The van der Waals surface area contributed by atoms with Crippen LogP contribution in [0, 0.1) is 0 Å². The van der Waals surface area contributed by atoms with Crippen molar-refractivity contribution in [3.63, 3.8) is 0 Å². The Hall–Kier alpha value is -1.53. The minimum Gasteiger partial charge on any atom is -0.508 e. The van der Waals surface area contributed by atoms with Crippen LogP contribution in [0.5, 0.6) is 5.75 Å². The molecule has 94 valence electrons. The Kier molecular flexibility index (Phi) is 3.88. The fraction of sp³-hybridized carbons (Fsp3) is 0.0833. The maximum atomic E-state index is 11.9. The largest absolute Gasteiger partial charge is 0.508 e. The molecule has 0 saturated carbocycles. The molecule has 0 aliphatic heterocycles. The van der Waals surface area contributed by atoms with Crippen LogP contribution in [0.25, 0.3) is 0 Å². The number of nitrogens with one attached hydrogen (secondary N) is 1. The number of nitrogens with two attached hydrogens (primary N) is 1. The van der Waals surface area contributed by atoms with E-state index in [0.29, 0.717) is 12.2 Å². The molecule has 0 unspecified atom stereocenters. The number of rotatable bonds is 3. The summed E-state index contributed by atoms with van der Waals surface area (Å²) in [5.74, 6) is -0.277. The molecule has 6 heteroatoms. The van der Waals surface area contributed by atoms with Gasteiger partial charge in [0.2, 0.25) is 0 Å². The highest BCUT2D eigenvalue weighted by Crippen LogP contribution is 2.21. The Labute approximate surface area is 117 Å². The van der Waals surface area contributed by atoms with Crippen LogP contribution in [0.4, 0.5) is 5.69 Å². The van der Waals surface area contributed by atoms with Crippen molar-refractivity contribution in [2.24, 2.45) is 0 Å². The van der Waals surface area contributed by atoms with Gasteiger partial charge >= 0.3 is 0 Å². The Morgan fingerprint density at radius 1 is 1.44 bits per heavy atom. The van der Waals surface area contributed by atoms with E-state index >= 15 is 0 Å². The second-order valence-electron chi connectivity index (χ2n) is 3.69. The van der Waals surface area contributed by atoms with Gasteiger partial charge in [0.25, 0.3) is 5.91 Å². The van der Waals surface area contributed by atoms with Crippen molar-refractivity contribution in [2.75, 3.05) is 5.73 Å². The van der Waals surface area contributed by atoms with Crippen LogP contribution >= 0.6 is 27.3 Å². The molecule has 0 saturated heterocycles. The summed E-state index contributed by atoms with van der Waals surface area (Å²) < 4.78 is 0.994. The Bertz CT molecular complexity index is 583. The predicted molar refractivity (Wildman–Crippen MR) is 75.7 cm³/mol. The predicted octanol–water partition coefficient (Wildman–Crippen LogP) is 2.73. The van der Waals surface area contributed by atoms with Gasteiger partial charge in [-0.15, -0.1) is 11.3 Å². The van der Waals surface area contributed by atoms with E-state index in [-0.39, 0.29) is 17.2 Å². The van der Waals surface area contributed by atoms with Crippen molar-refractivity contribution < 1.29 is 9.90 Å². The lowest BCUT2D eigenvalue weighted by molar-refractivity contribution is 0.0952. The Balaban J connectivity index is 2.05. The zero-order valence-electron chi connectivity index (χ0n) is 9.31. The summed E-state index contributed by atoms with van der Waals surface area (Å²) in [5, 5.41) is 14.0. The van der Waals surface area contributed by atoms with Gasteiger partial charge in [0.1, 0.15) is 5.75 Å². The molecule has 0 aliphatic carbocycles. The minimum atomic E-state index is -0.298. The van der Waals surface area contributed by atoms with Crippen molar-refractivity contribution >= 4 is 38.9 Å². The summed E-state index contributed by atoms with van der Waals surface area (Å²) in [6.45, 7) is 0.435. The smallest absolute Gasteiger partial charge is 0.253 e.